The van der Waals surface area contributed by atoms with Crippen LogP contribution in [0.4, 0.5) is 0 Å². The Balaban J connectivity index is 2.00. The van der Waals surface area contributed by atoms with Gasteiger partial charge in [0.1, 0.15) is 5.75 Å². The third-order valence-electron chi connectivity index (χ3n) is 3.17. The van der Waals surface area contributed by atoms with Crippen LogP contribution >= 0.6 is 0 Å². The van der Waals surface area contributed by atoms with Crippen LogP contribution in [0.5, 0.6) is 0 Å². The first-order valence-electron chi connectivity index (χ1n) is 6.71. The number of aryl methyl sites for hydroxylation is 2. The molecule has 2 aromatic heterocycles. The van der Waals surface area contributed by atoms with Gasteiger partial charge in [-0.1, -0.05) is 17.3 Å². The molecule has 3 rings (SSSR count). The minimum absolute atomic E-state index is 0.00727. The Morgan fingerprint density at radius 1 is 1.23 bits per heavy atom. The van der Waals surface area contributed by atoms with Crippen LogP contribution in [0.1, 0.15) is 17.0 Å². The van der Waals surface area contributed by atoms with E-state index in [1.165, 1.54) is 6.20 Å². The molecule has 0 amide bonds. The topological polar surface area (TPSA) is 78.0 Å². The fraction of sp³-hybridized carbons (Fsp3) is 0.200. The van der Waals surface area contributed by atoms with Crippen molar-refractivity contribution in [2.75, 3.05) is 0 Å². The van der Waals surface area contributed by atoms with E-state index in [1.807, 2.05) is 31.2 Å². The number of sulfone groups is 1. The summed E-state index contributed by atoms with van der Waals surface area (Å²) in [6, 6.07) is 9.18. The Hall–Kier alpha value is -2.41. The van der Waals surface area contributed by atoms with Crippen molar-refractivity contribution in [3.8, 4) is 5.69 Å². The van der Waals surface area contributed by atoms with Gasteiger partial charge in [0.2, 0.25) is 15.0 Å². The van der Waals surface area contributed by atoms with E-state index in [9.17, 15) is 8.42 Å². The fourth-order valence-electron chi connectivity index (χ4n) is 2.23. The van der Waals surface area contributed by atoms with E-state index in [2.05, 4.69) is 10.1 Å². The minimum atomic E-state index is -3.63. The standard InChI is InChI=1S/C15H15N3O3S/c1-11-4-3-5-13(8-11)18-7-6-16-15(18)22(19,20)10-14-9-12(2)17-21-14/h3-9H,10H2,1-2H3. The van der Waals surface area contributed by atoms with Gasteiger partial charge in [-0.3, -0.25) is 4.57 Å². The van der Waals surface area contributed by atoms with Gasteiger partial charge in [0.15, 0.2) is 5.76 Å². The lowest BCUT2D eigenvalue weighted by molar-refractivity contribution is 0.388. The summed E-state index contributed by atoms with van der Waals surface area (Å²) in [6.45, 7) is 3.69. The SMILES string of the molecule is Cc1cccc(-n2ccnc2S(=O)(=O)Cc2cc(C)no2)c1. The zero-order valence-electron chi connectivity index (χ0n) is 12.2. The second-order valence-corrected chi connectivity index (χ2v) is 7.00. The summed E-state index contributed by atoms with van der Waals surface area (Å²) in [6.07, 6.45) is 3.11. The van der Waals surface area contributed by atoms with E-state index >= 15 is 0 Å². The number of imidazole rings is 1. The maximum atomic E-state index is 12.6. The average molecular weight is 317 g/mol. The summed E-state index contributed by atoms with van der Waals surface area (Å²) < 4.78 is 31.7. The summed E-state index contributed by atoms with van der Waals surface area (Å²) in [7, 11) is -3.63. The zero-order chi connectivity index (χ0) is 15.7. The molecule has 7 heteroatoms. The second-order valence-electron chi connectivity index (χ2n) is 5.11. The van der Waals surface area contributed by atoms with Crippen LogP contribution in [0.3, 0.4) is 0 Å². The van der Waals surface area contributed by atoms with Gasteiger partial charge in [0.05, 0.1) is 5.69 Å². The molecule has 0 bridgehead atoms. The Bertz CT molecular complexity index is 910. The monoisotopic (exact) mass is 317 g/mol. The fourth-order valence-corrected chi connectivity index (χ4v) is 3.56. The molecule has 0 unspecified atom stereocenters. The maximum Gasteiger partial charge on any atom is 0.232 e. The highest BCUT2D eigenvalue weighted by molar-refractivity contribution is 7.90. The van der Waals surface area contributed by atoms with Crippen molar-refractivity contribution in [1.29, 1.82) is 0 Å². The lowest BCUT2D eigenvalue weighted by atomic mass is 10.2. The summed E-state index contributed by atoms with van der Waals surface area (Å²) in [4.78, 5) is 4.01. The highest BCUT2D eigenvalue weighted by Crippen LogP contribution is 2.20. The number of rotatable bonds is 4. The molecule has 0 aliphatic heterocycles. The highest BCUT2D eigenvalue weighted by atomic mass is 32.2. The molecule has 0 N–H and O–H groups in total. The van der Waals surface area contributed by atoms with Gasteiger partial charge in [0.25, 0.3) is 0 Å². The molecule has 2 heterocycles. The second kappa shape index (κ2) is 5.42. The van der Waals surface area contributed by atoms with Crippen LogP contribution in [-0.4, -0.2) is 23.1 Å². The molecule has 3 aromatic rings. The Labute approximate surface area is 128 Å². The number of nitrogens with zero attached hydrogens (tertiary/aromatic N) is 3. The van der Waals surface area contributed by atoms with Crippen LogP contribution in [0.25, 0.3) is 5.69 Å². The number of aromatic nitrogens is 3. The molecule has 1 aromatic carbocycles. The molecule has 0 spiro atoms. The summed E-state index contributed by atoms with van der Waals surface area (Å²) in [5, 5.41) is 3.70. The Morgan fingerprint density at radius 3 is 2.73 bits per heavy atom. The van der Waals surface area contributed by atoms with E-state index in [0.717, 1.165) is 11.3 Å². The first kappa shape index (κ1) is 14.5. The van der Waals surface area contributed by atoms with E-state index in [-0.39, 0.29) is 10.9 Å². The predicted molar refractivity (Wildman–Crippen MR) is 80.4 cm³/mol. The van der Waals surface area contributed by atoms with Gasteiger partial charge >= 0.3 is 0 Å². The number of hydrogen-bond acceptors (Lipinski definition) is 5. The summed E-state index contributed by atoms with van der Waals surface area (Å²) in [5.74, 6) is 0.0349. The van der Waals surface area contributed by atoms with Crippen molar-refractivity contribution in [1.82, 2.24) is 14.7 Å². The minimum Gasteiger partial charge on any atom is -0.360 e. The zero-order valence-corrected chi connectivity index (χ0v) is 13.0. The third-order valence-corrected chi connectivity index (χ3v) is 4.70. The van der Waals surface area contributed by atoms with Gasteiger partial charge in [-0.2, -0.15) is 0 Å². The van der Waals surface area contributed by atoms with E-state index in [1.54, 1.807) is 23.8 Å². The molecule has 22 heavy (non-hydrogen) atoms. The van der Waals surface area contributed by atoms with E-state index in [4.69, 9.17) is 4.52 Å². The van der Waals surface area contributed by atoms with Gasteiger partial charge in [-0.25, -0.2) is 13.4 Å². The van der Waals surface area contributed by atoms with Gasteiger partial charge in [-0.15, -0.1) is 0 Å². The molecular weight excluding hydrogens is 302 g/mol. The van der Waals surface area contributed by atoms with Crippen molar-refractivity contribution >= 4 is 9.84 Å². The van der Waals surface area contributed by atoms with Crippen LogP contribution in [0.15, 0.2) is 52.4 Å². The van der Waals surface area contributed by atoms with Gasteiger partial charge < -0.3 is 4.52 Å². The number of hydrogen-bond donors (Lipinski definition) is 0. The molecule has 0 atom stereocenters. The van der Waals surface area contributed by atoms with Crippen molar-refractivity contribution in [3.05, 3.63) is 59.7 Å². The molecule has 0 saturated heterocycles. The van der Waals surface area contributed by atoms with Crippen molar-refractivity contribution in [2.45, 2.75) is 24.8 Å². The van der Waals surface area contributed by atoms with Crippen LogP contribution in [-0.2, 0) is 15.6 Å². The molecule has 114 valence electrons. The molecule has 0 radical (unpaired) electrons. The maximum absolute atomic E-state index is 12.6. The van der Waals surface area contributed by atoms with Crippen molar-refractivity contribution < 1.29 is 12.9 Å². The average Bonchev–Trinajstić information content (AvgIpc) is 3.08. The molecule has 6 nitrogen and oxygen atoms in total. The van der Waals surface area contributed by atoms with Crippen LogP contribution in [0.2, 0.25) is 0 Å². The Kier molecular flexibility index (Phi) is 3.58. The highest BCUT2D eigenvalue weighted by Gasteiger charge is 2.24. The molecule has 0 fully saturated rings. The largest absolute Gasteiger partial charge is 0.360 e. The predicted octanol–water partition coefficient (Wildman–Crippen LogP) is 2.45. The third kappa shape index (κ3) is 2.80. The van der Waals surface area contributed by atoms with E-state index in [0.29, 0.717) is 11.5 Å². The quantitative estimate of drug-likeness (QED) is 0.738. The van der Waals surface area contributed by atoms with Crippen LogP contribution in [0, 0.1) is 13.8 Å². The van der Waals surface area contributed by atoms with Crippen molar-refractivity contribution in [3.63, 3.8) is 0 Å². The molecule has 0 aliphatic rings. The molecular formula is C15H15N3O3S. The lowest BCUT2D eigenvalue weighted by Crippen LogP contribution is -2.11. The molecule has 0 aliphatic carbocycles. The first-order chi connectivity index (χ1) is 10.5. The normalized spacial score (nSPS) is 11.7. The van der Waals surface area contributed by atoms with Crippen LogP contribution < -0.4 is 0 Å². The Morgan fingerprint density at radius 2 is 2.05 bits per heavy atom. The summed E-state index contributed by atoms with van der Waals surface area (Å²) >= 11 is 0. The smallest absolute Gasteiger partial charge is 0.232 e. The first-order valence-corrected chi connectivity index (χ1v) is 8.36. The van der Waals surface area contributed by atoms with E-state index < -0.39 is 9.84 Å². The van der Waals surface area contributed by atoms with Crippen molar-refractivity contribution in [2.24, 2.45) is 0 Å². The molecule has 0 saturated carbocycles. The summed E-state index contributed by atoms with van der Waals surface area (Å²) in [5.41, 5.74) is 2.44. The van der Waals surface area contributed by atoms with Gasteiger partial charge in [-0.05, 0) is 31.5 Å². The lowest BCUT2D eigenvalue weighted by Gasteiger charge is -2.08. The number of benzene rings is 1. The van der Waals surface area contributed by atoms with Gasteiger partial charge in [0, 0.05) is 24.1 Å².